The fraction of sp³-hybridized carbons (Fsp3) is 0.700. The molecule has 1 atom stereocenters. The zero-order chi connectivity index (χ0) is 12.3. The van der Waals surface area contributed by atoms with Crippen molar-refractivity contribution in [2.24, 2.45) is 11.8 Å². The first-order chi connectivity index (χ1) is 8.22. The van der Waals surface area contributed by atoms with Crippen LogP contribution in [0.5, 0.6) is 6.01 Å². The van der Waals surface area contributed by atoms with E-state index >= 15 is 0 Å². The molecule has 0 bridgehead atoms. The van der Waals surface area contributed by atoms with Gasteiger partial charge in [-0.25, -0.2) is 5.84 Å². The van der Waals surface area contributed by atoms with Crippen LogP contribution in [0.4, 0.5) is 11.9 Å². The highest BCUT2D eigenvalue weighted by atomic mass is 16.5. The zero-order valence-corrected chi connectivity index (χ0v) is 10.1. The van der Waals surface area contributed by atoms with E-state index in [-0.39, 0.29) is 6.01 Å². The summed E-state index contributed by atoms with van der Waals surface area (Å²) in [4.78, 5) is 12.3. The number of hydrogen-bond donors (Lipinski definition) is 3. The fourth-order valence-corrected chi connectivity index (χ4v) is 1.60. The smallest absolute Gasteiger partial charge is 0.323 e. The lowest BCUT2D eigenvalue weighted by molar-refractivity contribution is 0.312. The lowest BCUT2D eigenvalue weighted by Crippen LogP contribution is -2.21. The van der Waals surface area contributed by atoms with Crippen LogP contribution >= 0.6 is 0 Å². The van der Waals surface area contributed by atoms with Gasteiger partial charge in [0, 0.05) is 6.04 Å². The summed E-state index contributed by atoms with van der Waals surface area (Å²) in [6.45, 7) is 4.50. The molecule has 17 heavy (non-hydrogen) atoms. The van der Waals surface area contributed by atoms with E-state index in [9.17, 15) is 0 Å². The molecule has 0 radical (unpaired) electrons. The van der Waals surface area contributed by atoms with E-state index in [2.05, 4.69) is 32.6 Å². The van der Waals surface area contributed by atoms with Gasteiger partial charge in [0.1, 0.15) is 0 Å². The van der Waals surface area contributed by atoms with Crippen molar-refractivity contribution in [3.05, 3.63) is 0 Å². The van der Waals surface area contributed by atoms with Crippen LogP contribution in [0.2, 0.25) is 0 Å². The topological polar surface area (TPSA) is 98.0 Å². The Bertz CT molecular complexity index is 381. The van der Waals surface area contributed by atoms with Crippen molar-refractivity contribution in [1.82, 2.24) is 15.0 Å². The molecule has 1 aliphatic rings. The molecule has 0 amide bonds. The molecule has 2 rings (SSSR count). The maximum absolute atomic E-state index is 5.30. The molecular formula is C10H18N6O. The molecule has 7 heteroatoms. The SMILES string of the molecule is CCOc1nc(NN)nc(NC(C)C2CC2)n1. The van der Waals surface area contributed by atoms with Gasteiger partial charge in [0.15, 0.2) is 0 Å². The van der Waals surface area contributed by atoms with Crippen molar-refractivity contribution in [2.45, 2.75) is 32.7 Å². The van der Waals surface area contributed by atoms with Crippen molar-refractivity contribution in [3.8, 4) is 6.01 Å². The predicted octanol–water partition coefficient (Wildman–Crippen LogP) is 0.766. The van der Waals surface area contributed by atoms with Crippen molar-refractivity contribution in [2.75, 3.05) is 17.3 Å². The Morgan fingerprint density at radius 1 is 1.35 bits per heavy atom. The summed E-state index contributed by atoms with van der Waals surface area (Å²) in [6.07, 6.45) is 2.53. The van der Waals surface area contributed by atoms with Crippen LogP contribution in [0.15, 0.2) is 0 Å². The van der Waals surface area contributed by atoms with Gasteiger partial charge in [-0.3, -0.25) is 5.43 Å². The van der Waals surface area contributed by atoms with Gasteiger partial charge in [0.2, 0.25) is 11.9 Å². The van der Waals surface area contributed by atoms with E-state index in [0.29, 0.717) is 24.5 Å². The Kier molecular flexibility index (Phi) is 3.58. The average molecular weight is 238 g/mol. The zero-order valence-electron chi connectivity index (χ0n) is 10.1. The molecule has 7 nitrogen and oxygen atoms in total. The Morgan fingerprint density at radius 2 is 2.06 bits per heavy atom. The van der Waals surface area contributed by atoms with Crippen LogP contribution < -0.4 is 21.3 Å². The molecule has 94 valence electrons. The molecule has 1 heterocycles. The third-order valence-corrected chi connectivity index (χ3v) is 2.70. The second-order valence-corrected chi connectivity index (χ2v) is 4.11. The summed E-state index contributed by atoms with van der Waals surface area (Å²) in [5.74, 6) is 6.82. The number of nitrogens with one attached hydrogen (secondary N) is 2. The van der Waals surface area contributed by atoms with Crippen molar-refractivity contribution >= 4 is 11.9 Å². The van der Waals surface area contributed by atoms with E-state index < -0.39 is 0 Å². The summed E-state index contributed by atoms with van der Waals surface area (Å²) in [5.41, 5.74) is 2.40. The number of hydrazine groups is 1. The van der Waals surface area contributed by atoms with Crippen molar-refractivity contribution < 1.29 is 4.74 Å². The van der Waals surface area contributed by atoms with E-state index in [0.717, 1.165) is 5.92 Å². The van der Waals surface area contributed by atoms with Gasteiger partial charge >= 0.3 is 6.01 Å². The van der Waals surface area contributed by atoms with Gasteiger partial charge < -0.3 is 10.1 Å². The van der Waals surface area contributed by atoms with E-state index in [1.807, 2.05) is 6.92 Å². The third kappa shape index (κ3) is 3.16. The van der Waals surface area contributed by atoms with Crippen LogP contribution in [0.3, 0.4) is 0 Å². The van der Waals surface area contributed by atoms with Crippen LogP contribution in [0.1, 0.15) is 26.7 Å². The quantitative estimate of drug-likeness (QED) is 0.497. The molecule has 1 unspecified atom stereocenters. The number of anilines is 2. The molecule has 1 saturated carbocycles. The molecule has 1 aliphatic carbocycles. The number of nitrogens with zero attached hydrogens (tertiary/aromatic N) is 3. The first-order valence-corrected chi connectivity index (χ1v) is 5.85. The van der Waals surface area contributed by atoms with Gasteiger partial charge in [-0.05, 0) is 32.6 Å². The molecule has 1 aromatic heterocycles. The summed E-state index contributed by atoms with van der Waals surface area (Å²) < 4.78 is 5.25. The first kappa shape index (κ1) is 11.8. The van der Waals surface area contributed by atoms with Gasteiger partial charge in [0.25, 0.3) is 0 Å². The van der Waals surface area contributed by atoms with Crippen molar-refractivity contribution in [1.29, 1.82) is 0 Å². The molecule has 1 fully saturated rings. The minimum absolute atomic E-state index is 0.279. The molecular weight excluding hydrogens is 220 g/mol. The van der Waals surface area contributed by atoms with Crippen LogP contribution in [-0.4, -0.2) is 27.6 Å². The third-order valence-electron chi connectivity index (χ3n) is 2.70. The Hall–Kier alpha value is -1.63. The van der Waals surface area contributed by atoms with Crippen LogP contribution in [0, 0.1) is 5.92 Å². The van der Waals surface area contributed by atoms with Crippen molar-refractivity contribution in [3.63, 3.8) is 0 Å². The molecule has 1 aromatic rings. The highest BCUT2D eigenvalue weighted by Crippen LogP contribution is 2.33. The average Bonchev–Trinajstić information content (AvgIpc) is 3.12. The number of nitrogen functional groups attached to an aromatic ring is 1. The highest BCUT2D eigenvalue weighted by Gasteiger charge is 2.28. The molecule has 0 aromatic carbocycles. The van der Waals surface area contributed by atoms with E-state index in [1.54, 1.807) is 0 Å². The molecule has 0 aliphatic heterocycles. The molecule has 0 saturated heterocycles. The lowest BCUT2D eigenvalue weighted by Gasteiger charge is -2.13. The number of hydrogen-bond acceptors (Lipinski definition) is 7. The lowest BCUT2D eigenvalue weighted by atomic mass is 10.2. The fourth-order valence-electron chi connectivity index (χ4n) is 1.60. The van der Waals surface area contributed by atoms with E-state index in [1.165, 1.54) is 12.8 Å². The number of rotatable bonds is 6. The molecule has 4 N–H and O–H groups in total. The number of ether oxygens (including phenoxy) is 1. The Labute approximate surface area is 100 Å². The Balaban J connectivity index is 2.10. The van der Waals surface area contributed by atoms with E-state index in [4.69, 9.17) is 10.6 Å². The number of aromatic nitrogens is 3. The first-order valence-electron chi connectivity index (χ1n) is 5.85. The highest BCUT2D eigenvalue weighted by molar-refractivity contribution is 5.35. The van der Waals surface area contributed by atoms with Gasteiger partial charge in [-0.15, -0.1) is 0 Å². The molecule has 0 spiro atoms. The summed E-state index contributed by atoms with van der Waals surface area (Å²) in [6, 6.07) is 0.637. The van der Waals surface area contributed by atoms with Crippen LogP contribution in [-0.2, 0) is 0 Å². The van der Waals surface area contributed by atoms with Gasteiger partial charge in [-0.1, -0.05) is 0 Å². The summed E-state index contributed by atoms with van der Waals surface area (Å²) in [7, 11) is 0. The standard InChI is InChI=1S/C10H18N6O/c1-3-17-10-14-8(13-9(15-10)16-11)12-6(2)7-4-5-7/h6-7H,3-5,11H2,1-2H3,(H2,12,13,14,15,16). The second-order valence-electron chi connectivity index (χ2n) is 4.11. The normalized spacial score (nSPS) is 16.4. The predicted molar refractivity (Wildman–Crippen MR) is 64.6 cm³/mol. The minimum Gasteiger partial charge on any atom is -0.464 e. The number of nitrogens with two attached hydrogens (primary N) is 1. The van der Waals surface area contributed by atoms with Gasteiger partial charge in [0.05, 0.1) is 6.61 Å². The monoisotopic (exact) mass is 238 g/mol. The summed E-state index contributed by atoms with van der Waals surface area (Å²) in [5, 5.41) is 3.24. The minimum atomic E-state index is 0.279. The van der Waals surface area contributed by atoms with Crippen LogP contribution in [0.25, 0.3) is 0 Å². The van der Waals surface area contributed by atoms with Gasteiger partial charge in [-0.2, -0.15) is 15.0 Å². The summed E-state index contributed by atoms with van der Waals surface area (Å²) >= 11 is 0. The second kappa shape index (κ2) is 5.13. The maximum Gasteiger partial charge on any atom is 0.323 e. The Morgan fingerprint density at radius 3 is 2.65 bits per heavy atom. The maximum atomic E-state index is 5.30. The largest absolute Gasteiger partial charge is 0.464 e.